The zero-order valence-electron chi connectivity index (χ0n) is 23.7. The summed E-state index contributed by atoms with van der Waals surface area (Å²) < 4.78 is 5.58. The minimum atomic E-state index is 0.0206. The molecule has 6 nitrogen and oxygen atoms in total. The fraction of sp³-hybridized carbons (Fsp3) is 0.353. The molecule has 1 saturated heterocycles. The standard InChI is InChI=1S/C34H38N4O2/c1-24-6-4-7-25(2)33(24)34(39)36-16-12-26(3)37-17-13-30(14-18-37)38(23-28-9-5-8-27(20-28)22-35)31-10-11-32-29(21-31)15-19-40-32/h4-11,15,19-21,26,30H,12-14,16-18,23H2,1-3H3,(H,36,39). The maximum Gasteiger partial charge on any atom is 0.251 e. The number of anilines is 1. The van der Waals surface area contributed by atoms with E-state index in [0.717, 1.165) is 72.1 Å². The molecule has 1 fully saturated rings. The molecular weight excluding hydrogens is 496 g/mol. The number of nitrogens with one attached hydrogen (secondary N) is 1. The van der Waals surface area contributed by atoms with Crippen LogP contribution in [0.5, 0.6) is 0 Å². The summed E-state index contributed by atoms with van der Waals surface area (Å²) in [6.07, 6.45) is 4.77. The number of hydrogen-bond acceptors (Lipinski definition) is 5. The molecule has 1 aromatic heterocycles. The van der Waals surface area contributed by atoms with Crippen molar-refractivity contribution in [2.24, 2.45) is 0 Å². The first kappa shape index (κ1) is 27.5. The van der Waals surface area contributed by atoms with E-state index in [4.69, 9.17) is 4.42 Å². The molecule has 1 unspecified atom stereocenters. The van der Waals surface area contributed by atoms with E-state index in [1.54, 1.807) is 6.26 Å². The molecule has 5 rings (SSSR count). The van der Waals surface area contributed by atoms with Crippen molar-refractivity contribution >= 4 is 22.6 Å². The second kappa shape index (κ2) is 12.4. The van der Waals surface area contributed by atoms with Gasteiger partial charge in [0.1, 0.15) is 5.58 Å². The number of carbonyl (C=O) groups is 1. The van der Waals surface area contributed by atoms with E-state index in [9.17, 15) is 10.1 Å². The van der Waals surface area contributed by atoms with E-state index < -0.39 is 0 Å². The Morgan fingerprint density at radius 2 is 1.82 bits per heavy atom. The van der Waals surface area contributed by atoms with E-state index in [-0.39, 0.29) is 5.91 Å². The van der Waals surface area contributed by atoms with Crippen molar-refractivity contribution < 1.29 is 9.21 Å². The van der Waals surface area contributed by atoms with Gasteiger partial charge in [0.25, 0.3) is 5.91 Å². The Kier molecular flexibility index (Phi) is 8.52. The van der Waals surface area contributed by atoms with Gasteiger partial charge in [-0.25, -0.2) is 0 Å². The number of benzene rings is 3. The Hall–Kier alpha value is -4.08. The topological polar surface area (TPSA) is 72.5 Å². The molecule has 1 aliphatic rings. The van der Waals surface area contributed by atoms with Crippen molar-refractivity contribution in [2.45, 2.75) is 58.7 Å². The smallest absolute Gasteiger partial charge is 0.251 e. The number of furan rings is 1. The second-order valence-electron chi connectivity index (χ2n) is 11.0. The third-order valence-electron chi connectivity index (χ3n) is 8.30. The number of fused-ring (bicyclic) bond motifs is 1. The third kappa shape index (κ3) is 6.21. The maximum absolute atomic E-state index is 12.8. The zero-order chi connectivity index (χ0) is 28.1. The second-order valence-corrected chi connectivity index (χ2v) is 11.0. The van der Waals surface area contributed by atoms with E-state index in [1.807, 2.05) is 62.4 Å². The Labute approximate surface area is 237 Å². The minimum Gasteiger partial charge on any atom is -0.464 e. The first-order valence-corrected chi connectivity index (χ1v) is 14.2. The molecule has 4 aromatic rings. The van der Waals surface area contributed by atoms with Gasteiger partial charge in [0, 0.05) is 54.9 Å². The Bertz CT molecular complexity index is 1490. The fourth-order valence-electron chi connectivity index (χ4n) is 5.98. The summed E-state index contributed by atoms with van der Waals surface area (Å²) in [6, 6.07) is 25.4. The van der Waals surface area contributed by atoms with E-state index in [0.29, 0.717) is 24.2 Å². The SMILES string of the molecule is Cc1cccc(C)c1C(=O)NCCC(C)N1CCC(N(Cc2cccc(C#N)c2)c2ccc3occc3c2)CC1. The van der Waals surface area contributed by atoms with Crippen LogP contribution in [0.15, 0.2) is 77.4 Å². The van der Waals surface area contributed by atoms with Crippen LogP contribution in [-0.4, -0.2) is 42.5 Å². The highest BCUT2D eigenvalue weighted by Crippen LogP contribution is 2.30. The number of amides is 1. The van der Waals surface area contributed by atoms with Crippen LogP contribution in [0.3, 0.4) is 0 Å². The van der Waals surface area contributed by atoms with Gasteiger partial charge in [0.15, 0.2) is 0 Å². The summed E-state index contributed by atoms with van der Waals surface area (Å²) in [6.45, 7) is 9.70. The summed E-state index contributed by atoms with van der Waals surface area (Å²) >= 11 is 0. The van der Waals surface area contributed by atoms with Crippen molar-refractivity contribution in [3.8, 4) is 6.07 Å². The molecule has 6 heteroatoms. The maximum atomic E-state index is 12.8. The molecule has 0 saturated carbocycles. The Morgan fingerprint density at radius 3 is 2.58 bits per heavy atom. The number of piperidine rings is 1. The van der Waals surface area contributed by atoms with Crippen LogP contribution in [0.1, 0.15) is 58.8 Å². The molecule has 206 valence electrons. The number of likely N-dealkylation sites (tertiary alicyclic amines) is 1. The summed E-state index contributed by atoms with van der Waals surface area (Å²) in [5.41, 5.74) is 6.73. The molecule has 0 bridgehead atoms. The van der Waals surface area contributed by atoms with Crippen molar-refractivity contribution in [3.05, 3.63) is 101 Å². The number of hydrogen-bond donors (Lipinski definition) is 1. The average Bonchev–Trinajstić information content (AvgIpc) is 3.44. The molecule has 1 aliphatic heterocycles. The predicted molar refractivity (Wildman–Crippen MR) is 160 cm³/mol. The fourth-order valence-corrected chi connectivity index (χ4v) is 5.98. The summed E-state index contributed by atoms with van der Waals surface area (Å²) in [7, 11) is 0. The van der Waals surface area contributed by atoms with Crippen LogP contribution in [0.2, 0.25) is 0 Å². The largest absolute Gasteiger partial charge is 0.464 e. The predicted octanol–water partition coefficient (Wildman–Crippen LogP) is 6.60. The number of aryl methyl sites for hydroxylation is 2. The van der Waals surface area contributed by atoms with Crippen LogP contribution in [0, 0.1) is 25.2 Å². The molecule has 0 aliphatic carbocycles. The molecule has 2 heterocycles. The normalized spacial score (nSPS) is 15.1. The van der Waals surface area contributed by atoms with Gasteiger partial charge in [-0.3, -0.25) is 4.79 Å². The lowest BCUT2D eigenvalue weighted by atomic mass is 9.98. The lowest BCUT2D eigenvalue weighted by Gasteiger charge is -2.42. The van der Waals surface area contributed by atoms with Gasteiger partial charge in [-0.05, 0) is 93.1 Å². The molecule has 0 spiro atoms. The van der Waals surface area contributed by atoms with Gasteiger partial charge in [-0.2, -0.15) is 5.26 Å². The van der Waals surface area contributed by atoms with Crippen LogP contribution < -0.4 is 10.2 Å². The number of carbonyl (C=O) groups excluding carboxylic acids is 1. The van der Waals surface area contributed by atoms with Crippen molar-refractivity contribution in [1.29, 1.82) is 5.26 Å². The third-order valence-corrected chi connectivity index (χ3v) is 8.30. The van der Waals surface area contributed by atoms with Crippen LogP contribution in [-0.2, 0) is 6.54 Å². The monoisotopic (exact) mass is 534 g/mol. The highest BCUT2D eigenvalue weighted by molar-refractivity contribution is 5.97. The summed E-state index contributed by atoms with van der Waals surface area (Å²) in [4.78, 5) is 17.8. The highest BCUT2D eigenvalue weighted by Gasteiger charge is 2.27. The number of nitriles is 1. The van der Waals surface area contributed by atoms with E-state index in [1.165, 1.54) is 5.69 Å². The molecule has 1 amide bonds. The molecule has 40 heavy (non-hydrogen) atoms. The Balaban J connectivity index is 1.21. The van der Waals surface area contributed by atoms with Crippen molar-refractivity contribution in [2.75, 3.05) is 24.5 Å². The zero-order valence-corrected chi connectivity index (χ0v) is 23.7. The number of rotatable bonds is 9. The summed E-state index contributed by atoms with van der Waals surface area (Å²) in [5, 5.41) is 13.7. The highest BCUT2D eigenvalue weighted by atomic mass is 16.3. The Morgan fingerprint density at radius 1 is 1.07 bits per heavy atom. The molecular formula is C34H38N4O2. The number of nitrogens with zero attached hydrogens (tertiary/aromatic N) is 3. The summed E-state index contributed by atoms with van der Waals surface area (Å²) in [5.74, 6) is 0.0206. The van der Waals surface area contributed by atoms with Gasteiger partial charge >= 0.3 is 0 Å². The minimum absolute atomic E-state index is 0.0206. The van der Waals surface area contributed by atoms with E-state index >= 15 is 0 Å². The van der Waals surface area contributed by atoms with Crippen LogP contribution in [0.4, 0.5) is 5.69 Å². The molecule has 0 radical (unpaired) electrons. The molecule has 3 aromatic carbocycles. The van der Waals surface area contributed by atoms with Gasteiger partial charge in [0.05, 0.1) is 17.9 Å². The lowest BCUT2D eigenvalue weighted by Crippen LogP contribution is -2.48. The van der Waals surface area contributed by atoms with Crippen LogP contribution in [0.25, 0.3) is 11.0 Å². The van der Waals surface area contributed by atoms with Crippen molar-refractivity contribution in [3.63, 3.8) is 0 Å². The van der Waals surface area contributed by atoms with Crippen molar-refractivity contribution in [1.82, 2.24) is 10.2 Å². The average molecular weight is 535 g/mol. The van der Waals surface area contributed by atoms with Gasteiger partial charge in [0.2, 0.25) is 0 Å². The van der Waals surface area contributed by atoms with Gasteiger partial charge < -0.3 is 19.5 Å². The van der Waals surface area contributed by atoms with Gasteiger partial charge in [-0.1, -0.05) is 30.3 Å². The first-order valence-electron chi connectivity index (χ1n) is 14.2. The molecule has 1 atom stereocenters. The quantitative estimate of drug-likeness (QED) is 0.262. The first-order chi connectivity index (χ1) is 19.4. The lowest BCUT2D eigenvalue weighted by molar-refractivity contribution is 0.0944. The van der Waals surface area contributed by atoms with E-state index in [2.05, 4.69) is 46.3 Å². The van der Waals surface area contributed by atoms with Crippen LogP contribution >= 0.6 is 0 Å². The molecule has 1 N–H and O–H groups in total. The van der Waals surface area contributed by atoms with Gasteiger partial charge in [-0.15, -0.1) is 0 Å².